The second kappa shape index (κ2) is 7.06. The first kappa shape index (κ1) is 18.0. The van der Waals surface area contributed by atoms with E-state index in [0.29, 0.717) is 31.5 Å². The van der Waals surface area contributed by atoms with Gasteiger partial charge in [0, 0.05) is 18.8 Å². The number of nitrogens with one attached hydrogen (secondary N) is 1. The van der Waals surface area contributed by atoms with Crippen molar-refractivity contribution in [2.24, 2.45) is 11.7 Å². The molecule has 2 amide bonds. The maximum absolute atomic E-state index is 13.2. The summed E-state index contributed by atoms with van der Waals surface area (Å²) in [6.07, 6.45) is -3.57. The highest BCUT2D eigenvalue weighted by atomic mass is 19.4. The van der Waals surface area contributed by atoms with Crippen molar-refractivity contribution in [3.05, 3.63) is 29.6 Å². The number of nitrogens with zero attached hydrogens (tertiary/aromatic N) is 1. The summed E-state index contributed by atoms with van der Waals surface area (Å²) in [5.41, 5.74) is 3.82. The molecule has 2 rings (SSSR count). The number of alkyl halides is 3. The maximum Gasteiger partial charge on any atom is 0.419 e. The lowest BCUT2D eigenvalue weighted by Gasteiger charge is -2.31. The molecule has 0 aliphatic carbocycles. The molecule has 1 atom stereocenters. The van der Waals surface area contributed by atoms with E-state index in [9.17, 15) is 27.2 Å². The van der Waals surface area contributed by atoms with E-state index in [0.717, 1.165) is 6.07 Å². The van der Waals surface area contributed by atoms with Crippen LogP contribution in [0.25, 0.3) is 0 Å². The molecule has 24 heavy (non-hydrogen) atoms. The molecule has 0 spiro atoms. The fourth-order valence-corrected chi connectivity index (χ4v) is 2.58. The lowest BCUT2D eigenvalue weighted by atomic mass is 9.97. The quantitative estimate of drug-likeness (QED) is 0.818. The zero-order chi connectivity index (χ0) is 17.9. The van der Waals surface area contributed by atoms with Crippen LogP contribution in [0.15, 0.2) is 18.2 Å². The van der Waals surface area contributed by atoms with Crippen LogP contribution in [-0.2, 0) is 15.8 Å². The molecule has 1 aliphatic rings. The number of carbonyl (C=O) groups is 2. The minimum atomic E-state index is -4.81. The normalized spacial score (nSPS) is 18.3. The third kappa shape index (κ3) is 4.36. The minimum absolute atomic E-state index is 0.0134. The highest BCUT2D eigenvalue weighted by Crippen LogP contribution is 2.32. The van der Waals surface area contributed by atoms with Crippen molar-refractivity contribution in [3.63, 3.8) is 0 Å². The molecule has 9 heteroatoms. The Hall–Kier alpha value is -2.32. The zero-order valence-electron chi connectivity index (χ0n) is 12.7. The Morgan fingerprint density at radius 3 is 2.67 bits per heavy atom. The first-order valence-electron chi connectivity index (χ1n) is 7.36. The molecule has 132 valence electrons. The standard InChI is InChI=1S/C15H17F4N3O2/c16-12-4-3-10(6-11(12)15(17,18)19)21-7-13(23)22-5-1-2-9(8-22)14(20)24/h3-4,6,9,21H,1-2,5,7-8H2,(H2,20,24)/t9-/m1/s1. The summed E-state index contributed by atoms with van der Waals surface area (Å²) < 4.78 is 51.2. The van der Waals surface area contributed by atoms with Gasteiger partial charge in [-0.1, -0.05) is 0 Å². The van der Waals surface area contributed by atoms with Crippen molar-refractivity contribution in [2.45, 2.75) is 19.0 Å². The van der Waals surface area contributed by atoms with Crippen molar-refractivity contribution in [1.82, 2.24) is 4.90 Å². The van der Waals surface area contributed by atoms with Crippen LogP contribution in [-0.4, -0.2) is 36.3 Å². The summed E-state index contributed by atoms with van der Waals surface area (Å²) in [5, 5.41) is 2.55. The summed E-state index contributed by atoms with van der Waals surface area (Å²) in [6.45, 7) is 0.406. The van der Waals surface area contributed by atoms with Crippen LogP contribution < -0.4 is 11.1 Å². The number of likely N-dealkylation sites (tertiary alicyclic amines) is 1. The van der Waals surface area contributed by atoms with Crippen LogP contribution in [0.1, 0.15) is 18.4 Å². The number of hydrogen-bond acceptors (Lipinski definition) is 3. The number of halogens is 4. The van der Waals surface area contributed by atoms with Gasteiger partial charge >= 0.3 is 6.18 Å². The molecule has 5 nitrogen and oxygen atoms in total. The predicted octanol–water partition coefficient (Wildman–Crippen LogP) is 1.98. The van der Waals surface area contributed by atoms with Crippen molar-refractivity contribution in [3.8, 4) is 0 Å². The number of rotatable bonds is 4. The Morgan fingerprint density at radius 2 is 2.04 bits per heavy atom. The number of amides is 2. The van der Waals surface area contributed by atoms with E-state index in [-0.39, 0.29) is 24.7 Å². The highest BCUT2D eigenvalue weighted by molar-refractivity contribution is 5.83. The lowest BCUT2D eigenvalue weighted by molar-refractivity contribution is -0.140. The Bertz CT molecular complexity index is 634. The molecule has 0 radical (unpaired) electrons. The highest BCUT2D eigenvalue weighted by Gasteiger charge is 2.34. The van der Waals surface area contributed by atoms with Crippen molar-refractivity contribution in [2.75, 3.05) is 25.0 Å². The summed E-state index contributed by atoms with van der Waals surface area (Å²) in [4.78, 5) is 24.7. The number of piperidine rings is 1. The molecule has 0 unspecified atom stereocenters. The van der Waals surface area contributed by atoms with Gasteiger partial charge in [-0.15, -0.1) is 0 Å². The molecule has 3 N–H and O–H groups in total. The Balaban J connectivity index is 1.98. The summed E-state index contributed by atoms with van der Waals surface area (Å²) in [6, 6.07) is 2.44. The third-order valence-electron chi connectivity index (χ3n) is 3.89. The molecule has 0 aromatic heterocycles. The van der Waals surface area contributed by atoms with Crippen LogP contribution in [0, 0.1) is 11.7 Å². The number of anilines is 1. The number of nitrogens with two attached hydrogens (primary N) is 1. The van der Waals surface area contributed by atoms with E-state index >= 15 is 0 Å². The summed E-state index contributed by atoms with van der Waals surface area (Å²) in [7, 11) is 0. The van der Waals surface area contributed by atoms with Crippen LogP contribution >= 0.6 is 0 Å². The van der Waals surface area contributed by atoms with Crippen molar-refractivity contribution >= 4 is 17.5 Å². The van der Waals surface area contributed by atoms with Gasteiger partial charge in [0.15, 0.2) is 0 Å². The molecule has 1 saturated heterocycles. The summed E-state index contributed by atoms with van der Waals surface area (Å²) in [5.74, 6) is -2.63. The molecule has 1 heterocycles. The topological polar surface area (TPSA) is 75.4 Å². The van der Waals surface area contributed by atoms with E-state index in [2.05, 4.69) is 5.32 Å². The van der Waals surface area contributed by atoms with Gasteiger partial charge in [-0.2, -0.15) is 13.2 Å². The van der Waals surface area contributed by atoms with Gasteiger partial charge in [0.25, 0.3) is 0 Å². The Labute approximate surface area is 135 Å². The second-order valence-corrected chi connectivity index (χ2v) is 5.63. The van der Waals surface area contributed by atoms with E-state index < -0.39 is 29.4 Å². The number of hydrogen-bond donors (Lipinski definition) is 2. The van der Waals surface area contributed by atoms with Gasteiger partial charge in [-0.05, 0) is 31.0 Å². The average Bonchev–Trinajstić information content (AvgIpc) is 2.52. The first-order valence-corrected chi connectivity index (χ1v) is 7.36. The molecule has 1 aromatic carbocycles. The van der Waals surface area contributed by atoms with E-state index in [1.54, 1.807) is 0 Å². The fourth-order valence-electron chi connectivity index (χ4n) is 2.58. The van der Waals surface area contributed by atoms with Gasteiger partial charge in [-0.3, -0.25) is 9.59 Å². The molecular weight excluding hydrogens is 330 g/mol. The Morgan fingerprint density at radius 1 is 1.33 bits per heavy atom. The van der Waals surface area contributed by atoms with Crippen LogP contribution in [0.3, 0.4) is 0 Å². The maximum atomic E-state index is 13.2. The van der Waals surface area contributed by atoms with Gasteiger partial charge in [0.1, 0.15) is 5.82 Å². The van der Waals surface area contributed by atoms with Gasteiger partial charge in [0.2, 0.25) is 11.8 Å². The van der Waals surface area contributed by atoms with Crippen molar-refractivity contribution < 1.29 is 27.2 Å². The van der Waals surface area contributed by atoms with Crippen LogP contribution in [0.4, 0.5) is 23.2 Å². The zero-order valence-corrected chi connectivity index (χ0v) is 12.7. The Kier molecular flexibility index (Phi) is 5.30. The minimum Gasteiger partial charge on any atom is -0.376 e. The smallest absolute Gasteiger partial charge is 0.376 e. The number of benzene rings is 1. The third-order valence-corrected chi connectivity index (χ3v) is 3.89. The molecule has 0 saturated carbocycles. The van der Waals surface area contributed by atoms with Gasteiger partial charge in [-0.25, -0.2) is 4.39 Å². The summed E-state index contributed by atoms with van der Waals surface area (Å²) >= 11 is 0. The molecule has 1 fully saturated rings. The number of primary amides is 1. The molecule has 0 bridgehead atoms. The van der Waals surface area contributed by atoms with Gasteiger partial charge in [0.05, 0.1) is 18.0 Å². The second-order valence-electron chi connectivity index (χ2n) is 5.63. The van der Waals surface area contributed by atoms with E-state index in [4.69, 9.17) is 5.73 Å². The van der Waals surface area contributed by atoms with Gasteiger partial charge < -0.3 is 16.0 Å². The molecular formula is C15H17F4N3O2. The first-order chi connectivity index (χ1) is 11.2. The average molecular weight is 347 g/mol. The van der Waals surface area contributed by atoms with E-state index in [1.807, 2.05) is 0 Å². The lowest BCUT2D eigenvalue weighted by Crippen LogP contribution is -2.45. The molecule has 1 aromatic rings. The SMILES string of the molecule is NC(=O)[C@@H]1CCCN(C(=O)CNc2ccc(F)c(C(F)(F)F)c2)C1. The molecule has 1 aliphatic heterocycles. The van der Waals surface area contributed by atoms with Crippen LogP contribution in [0.5, 0.6) is 0 Å². The fraction of sp³-hybridized carbons (Fsp3) is 0.467. The monoisotopic (exact) mass is 347 g/mol. The predicted molar refractivity (Wildman–Crippen MR) is 78.4 cm³/mol. The van der Waals surface area contributed by atoms with Crippen LogP contribution in [0.2, 0.25) is 0 Å². The largest absolute Gasteiger partial charge is 0.419 e. The van der Waals surface area contributed by atoms with E-state index in [1.165, 1.54) is 4.90 Å². The number of carbonyl (C=O) groups excluding carboxylic acids is 2. The van der Waals surface area contributed by atoms with Crippen molar-refractivity contribution in [1.29, 1.82) is 0 Å².